The van der Waals surface area contributed by atoms with Crippen molar-refractivity contribution in [2.24, 2.45) is 0 Å². The van der Waals surface area contributed by atoms with Gasteiger partial charge in [0.2, 0.25) is 5.88 Å². The summed E-state index contributed by atoms with van der Waals surface area (Å²) in [6, 6.07) is 5.97. The van der Waals surface area contributed by atoms with Crippen LogP contribution >= 0.6 is 0 Å². The van der Waals surface area contributed by atoms with E-state index in [2.05, 4.69) is 19.5 Å². The highest BCUT2D eigenvalue weighted by Crippen LogP contribution is 2.32. The van der Waals surface area contributed by atoms with Gasteiger partial charge in [0.25, 0.3) is 0 Å². The Morgan fingerprint density at radius 3 is 2.79 bits per heavy atom. The fraction of sp³-hybridized carbons (Fsp3) is 0.429. The van der Waals surface area contributed by atoms with Gasteiger partial charge < -0.3 is 18.9 Å². The average molecular weight is 395 g/mol. The molecule has 0 unspecified atom stereocenters. The van der Waals surface area contributed by atoms with E-state index < -0.39 is 0 Å². The first-order valence-corrected chi connectivity index (χ1v) is 10.00. The molecule has 0 spiro atoms. The smallest absolute Gasteiger partial charge is 0.409 e. The van der Waals surface area contributed by atoms with E-state index in [9.17, 15) is 4.79 Å². The lowest BCUT2D eigenvalue weighted by atomic mass is 10.1. The summed E-state index contributed by atoms with van der Waals surface area (Å²) < 4.78 is 13.4. The van der Waals surface area contributed by atoms with Crippen molar-refractivity contribution in [2.45, 2.75) is 39.2 Å². The zero-order valence-electron chi connectivity index (χ0n) is 16.7. The molecule has 0 aromatic carbocycles. The maximum absolute atomic E-state index is 12.1. The van der Waals surface area contributed by atoms with Crippen LogP contribution in [0.15, 0.2) is 36.9 Å². The molecule has 1 amide bonds. The molecule has 0 N–H and O–H groups in total. The molecule has 0 aliphatic carbocycles. The van der Waals surface area contributed by atoms with Gasteiger partial charge in [-0.2, -0.15) is 0 Å². The van der Waals surface area contributed by atoms with E-state index in [0.717, 1.165) is 36.0 Å². The van der Waals surface area contributed by atoms with Crippen LogP contribution in [0.5, 0.6) is 11.6 Å². The maximum atomic E-state index is 12.1. The van der Waals surface area contributed by atoms with E-state index in [0.29, 0.717) is 31.3 Å². The molecule has 3 aromatic heterocycles. The first-order chi connectivity index (χ1) is 14.2. The molecule has 3 aromatic rings. The highest BCUT2D eigenvalue weighted by molar-refractivity contribution is 5.81. The maximum Gasteiger partial charge on any atom is 0.409 e. The average Bonchev–Trinajstić information content (AvgIpc) is 3.19. The number of carbonyl (C=O) groups is 1. The van der Waals surface area contributed by atoms with E-state index in [1.165, 1.54) is 6.33 Å². The normalized spacial score (nSPS) is 14.9. The molecule has 0 radical (unpaired) electrons. The second-order valence-electron chi connectivity index (χ2n) is 7.16. The number of aryl methyl sites for hydroxylation is 1. The lowest BCUT2D eigenvalue weighted by molar-refractivity contribution is 0.0889. The van der Waals surface area contributed by atoms with Crippen molar-refractivity contribution < 1.29 is 14.3 Å². The first kappa shape index (κ1) is 19.2. The third-order valence-corrected chi connectivity index (χ3v) is 5.18. The summed E-state index contributed by atoms with van der Waals surface area (Å²) in [5.41, 5.74) is 1.64. The number of amides is 1. The van der Waals surface area contributed by atoms with Crippen molar-refractivity contribution in [1.82, 2.24) is 24.4 Å². The lowest BCUT2D eigenvalue weighted by Crippen LogP contribution is -2.39. The molecule has 8 nitrogen and oxygen atoms in total. The third kappa shape index (κ3) is 4.01. The van der Waals surface area contributed by atoms with Gasteiger partial charge in [-0.05, 0) is 44.4 Å². The Morgan fingerprint density at radius 2 is 2.03 bits per heavy atom. The van der Waals surface area contributed by atoms with Crippen LogP contribution in [0.25, 0.3) is 11.0 Å². The predicted octanol–water partition coefficient (Wildman–Crippen LogP) is 4.11. The largest absolute Gasteiger partial charge is 0.449 e. The fourth-order valence-electron chi connectivity index (χ4n) is 3.61. The van der Waals surface area contributed by atoms with Crippen molar-refractivity contribution in [3.05, 3.63) is 42.6 Å². The summed E-state index contributed by atoms with van der Waals surface area (Å²) >= 11 is 0. The number of piperidine rings is 1. The van der Waals surface area contributed by atoms with Gasteiger partial charge in [-0.25, -0.2) is 14.8 Å². The second-order valence-corrected chi connectivity index (χ2v) is 7.16. The Hall–Kier alpha value is -3.16. The molecule has 0 saturated carbocycles. The fourth-order valence-corrected chi connectivity index (χ4v) is 3.61. The van der Waals surface area contributed by atoms with Crippen LogP contribution in [-0.4, -0.2) is 50.2 Å². The van der Waals surface area contributed by atoms with Gasteiger partial charge in [-0.1, -0.05) is 6.92 Å². The molecule has 1 aliphatic heterocycles. The monoisotopic (exact) mass is 395 g/mol. The molecule has 152 valence electrons. The van der Waals surface area contributed by atoms with E-state index in [1.807, 2.05) is 38.2 Å². The van der Waals surface area contributed by atoms with E-state index >= 15 is 0 Å². The van der Waals surface area contributed by atoms with Gasteiger partial charge in [0, 0.05) is 31.5 Å². The van der Waals surface area contributed by atoms with E-state index in [4.69, 9.17) is 9.47 Å². The SMILES string of the molecule is CCCOC(=O)N1CCC(n2ccc3c(Oc4cccnc4C)ncnc32)CC1. The summed E-state index contributed by atoms with van der Waals surface area (Å²) in [5.74, 6) is 1.20. The number of carbonyl (C=O) groups excluding carboxylic acids is 1. The molecule has 8 heteroatoms. The van der Waals surface area contributed by atoms with Gasteiger partial charge in [0.15, 0.2) is 5.75 Å². The van der Waals surface area contributed by atoms with Gasteiger partial charge >= 0.3 is 6.09 Å². The minimum absolute atomic E-state index is 0.215. The number of pyridine rings is 1. The molecule has 0 atom stereocenters. The molecule has 1 fully saturated rings. The molecule has 4 rings (SSSR count). The number of likely N-dealkylation sites (tertiary alicyclic amines) is 1. The number of ether oxygens (including phenoxy) is 2. The van der Waals surface area contributed by atoms with Gasteiger partial charge in [-0.15, -0.1) is 0 Å². The Morgan fingerprint density at radius 1 is 1.21 bits per heavy atom. The Kier molecular flexibility index (Phi) is 5.59. The molecular formula is C21H25N5O3. The number of nitrogens with zero attached hydrogens (tertiary/aromatic N) is 5. The number of rotatable bonds is 5. The van der Waals surface area contributed by atoms with Gasteiger partial charge in [0.1, 0.15) is 12.0 Å². The summed E-state index contributed by atoms with van der Waals surface area (Å²) in [4.78, 5) is 26.9. The Balaban J connectivity index is 1.50. The molecule has 0 bridgehead atoms. The van der Waals surface area contributed by atoms with Crippen molar-refractivity contribution in [2.75, 3.05) is 19.7 Å². The number of hydrogen-bond acceptors (Lipinski definition) is 6. The highest BCUT2D eigenvalue weighted by Gasteiger charge is 2.26. The molecule has 4 heterocycles. The standard InChI is InChI=1S/C21H25N5O3/c1-3-13-28-21(27)25-10-6-16(7-11-25)26-12-8-17-19(26)23-14-24-20(17)29-18-5-4-9-22-15(18)2/h4-5,8-9,12,14,16H,3,6-7,10-11,13H2,1-2H3. The first-order valence-electron chi connectivity index (χ1n) is 10.00. The van der Waals surface area contributed by atoms with Crippen LogP contribution in [0, 0.1) is 6.92 Å². The molecular weight excluding hydrogens is 370 g/mol. The molecule has 1 saturated heterocycles. The summed E-state index contributed by atoms with van der Waals surface area (Å²) in [6.45, 7) is 5.72. The number of fused-ring (bicyclic) bond motifs is 1. The van der Waals surface area contributed by atoms with Crippen molar-refractivity contribution in [3.8, 4) is 11.6 Å². The van der Waals surface area contributed by atoms with E-state index in [-0.39, 0.29) is 12.1 Å². The highest BCUT2D eigenvalue weighted by atomic mass is 16.6. The Bertz CT molecular complexity index is 995. The van der Waals surface area contributed by atoms with Crippen LogP contribution in [0.4, 0.5) is 4.79 Å². The summed E-state index contributed by atoms with van der Waals surface area (Å²) in [6.07, 6.45) is 7.61. The van der Waals surface area contributed by atoms with Crippen molar-refractivity contribution in [3.63, 3.8) is 0 Å². The van der Waals surface area contributed by atoms with Crippen molar-refractivity contribution >= 4 is 17.1 Å². The number of hydrogen-bond donors (Lipinski definition) is 0. The minimum Gasteiger partial charge on any atom is -0.449 e. The van der Waals surface area contributed by atoms with E-state index in [1.54, 1.807) is 11.1 Å². The predicted molar refractivity (Wildman–Crippen MR) is 108 cm³/mol. The topological polar surface area (TPSA) is 82.4 Å². The van der Waals surface area contributed by atoms with Crippen LogP contribution in [0.2, 0.25) is 0 Å². The van der Waals surface area contributed by atoms with Crippen LogP contribution in [-0.2, 0) is 4.74 Å². The summed E-state index contributed by atoms with van der Waals surface area (Å²) in [7, 11) is 0. The molecule has 1 aliphatic rings. The zero-order valence-corrected chi connectivity index (χ0v) is 16.7. The number of aromatic nitrogens is 4. The quantitative estimate of drug-likeness (QED) is 0.647. The Labute approximate surface area is 169 Å². The molecule has 29 heavy (non-hydrogen) atoms. The third-order valence-electron chi connectivity index (χ3n) is 5.18. The van der Waals surface area contributed by atoms with Crippen LogP contribution < -0.4 is 4.74 Å². The summed E-state index contributed by atoms with van der Waals surface area (Å²) in [5, 5.41) is 0.862. The second kappa shape index (κ2) is 8.46. The van der Waals surface area contributed by atoms with Crippen LogP contribution in [0.3, 0.4) is 0 Å². The van der Waals surface area contributed by atoms with Gasteiger partial charge in [-0.3, -0.25) is 4.98 Å². The van der Waals surface area contributed by atoms with Crippen LogP contribution in [0.1, 0.15) is 37.9 Å². The van der Waals surface area contributed by atoms with Gasteiger partial charge in [0.05, 0.1) is 17.7 Å². The minimum atomic E-state index is -0.215. The zero-order chi connectivity index (χ0) is 20.2. The lowest BCUT2D eigenvalue weighted by Gasteiger charge is -2.32. The van der Waals surface area contributed by atoms with Crippen molar-refractivity contribution in [1.29, 1.82) is 0 Å².